The summed E-state index contributed by atoms with van der Waals surface area (Å²) in [5.74, 6) is 3.16. The van der Waals surface area contributed by atoms with Crippen LogP contribution in [0.1, 0.15) is 37.0 Å². The molecule has 0 bridgehead atoms. The van der Waals surface area contributed by atoms with E-state index in [-0.39, 0.29) is 6.04 Å². The first kappa shape index (κ1) is 17.7. The molecule has 1 aliphatic heterocycles. The van der Waals surface area contributed by atoms with Crippen molar-refractivity contribution in [1.29, 1.82) is 0 Å². The number of aromatic nitrogens is 3. The largest absolute Gasteiger partial charge is 0.493 e. The zero-order chi connectivity index (χ0) is 17.5. The summed E-state index contributed by atoms with van der Waals surface area (Å²) in [7, 11) is 3.31. The molecular weight excluding hydrogens is 320 g/mol. The van der Waals surface area contributed by atoms with Crippen LogP contribution in [0.2, 0.25) is 0 Å². The average molecular weight is 346 g/mol. The van der Waals surface area contributed by atoms with Gasteiger partial charge in [-0.3, -0.25) is 10.00 Å². The topological polar surface area (TPSA) is 72.5 Å². The Morgan fingerprint density at radius 1 is 1.20 bits per heavy atom. The van der Waals surface area contributed by atoms with Crippen LogP contribution in [-0.2, 0) is 11.3 Å². The third-order valence-electron chi connectivity index (χ3n) is 4.45. The van der Waals surface area contributed by atoms with Gasteiger partial charge in [0.05, 0.1) is 13.2 Å². The number of hydrogen-bond donors (Lipinski definition) is 1. The fraction of sp³-hybridized carbons (Fsp3) is 0.556. The van der Waals surface area contributed by atoms with Gasteiger partial charge in [-0.25, -0.2) is 4.98 Å². The van der Waals surface area contributed by atoms with E-state index in [0.29, 0.717) is 13.2 Å². The molecule has 0 aliphatic carbocycles. The van der Waals surface area contributed by atoms with Gasteiger partial charge in [-0.05, 0) is 31.5 Å². The van der Waals surface area contributed by atoms with Crippen LogP contribution in [0.4, 0.5) is 0 Å². The number of H-pyrrole nitrogens is 1. The monoisotopic (exact) mass is 346 g/mol. The van der Waals surface area contributed by atoms with Crippen LogP contribution in [0, 0.1) is 0 Å². The second-order valence-electron chi connectivity index (χ2n) is 6.12. The van der Waals surface area contributed by atoms with E-state index in [4.69, 9.17) is 14.2 Å². The number of rotatable bonds is 8. The molecule has 1 N–H and O–H groups in total. The molecule has 1 saturated heterocycles. The summed E-state index contributed by atoms with van der Waals surface area (Å²) >= 11 is 0. The number of aromatic amines is 1. The van der Waals surface area contributed by atoms with E-state index in [1.165, 1.54) is 12.8 Å². The van der Waals surface area contributed by atoms with Crippen molar-refractivity contribution >= 4 is 0 Å². The summed E-state index contributed by atoms with van der Waals surface area (Å²) in [5, 5.41) is 7.34. The SMILES string of the molecule is COCc1nc(C2CCCCN2CCOc2ccccc2OC)n[nH]1. The summed E-state index contributed by atoms with van der Waals surface area (Å²) in [6, 6.07) is 7.96. The second-order valence-corrected chi connectivity index (χ2v) is 6.12. The van der Waals surface area contributed by atoms with Crippen LogP contribution in [-0.4, -0.2) is 54.0 Å². The molecule has 3 rings (SSSR count). The number of nitrogens with zero attached hydrogens (tertiary/aromatic N) is 3. The molecule has 0 amide bonds. The molecule has 1 atom stereocenters. The summed E-state index contributed by atoms with van der Waals surface area (Å²) in [5.41, 5.74) is 0. The molecule has 1 unspecified atom stereocenters. The molecule has 1 fully saturated rings. The molecule has 2 aromatic rings. The minimum Gasteiger partial charge on any atom is -0.493 e. The first-order chi connectivity index (χ1) is 12.3. The molecule has 1 aromatic carbocycles. The summed E-state index contributed by atoms with van der Waals surface area (Å²) in [6.45, 7) is 2.92. The molecule has 25 heavy (non-hydrogen) atoms. The number of piperidine rings is 1. The number of benzene rings is 1. The summed E-state index contributed by atoms with van der Waals surface area (Å²) in [4.78, 5) is 6.97. The van der Waals surface area contributed by atoms with E-state index in [2.05, 4.69) is 20.1 Å². The van der Waals surface area contributed by atoms with Crippen molar-refractivity contribution in [3.63, 3.8) is 0 Å². The Morgan fingerprint density at radius 3 is 2.84 bits per heavy atom. The smallest absolute Gasteiger partial charge is 0.167 e. The lowest BCUT2D eigenvalue weighted by Gasteiger charge is -2.33. The van der Waals surface area contributed by atoms with Gasteiger partial charge in [0.25, 0.3) is 0 Å². The lowest BCUT2D eigenvalue weighted by molar-refractivity contribution is 0.117. The number of hydrogen-bond acceptors (Lipinski definition) is 6. The van der Waals surface area contributed by atoms with E-state index >= 15 is 0 Å². The molecule has 7 heteroatoms. The average Bonchev–Trinajstić information content (AvgIpc) is 3.11. The minimum absolute atomic E-state index is 0.233. The van der Waals surface area contributed by atoms with Gasteiger partial charge in [0.2, 0.25) is 0 Å². The van der Waals surface area contributed by atoms with E-state index in [0.717, 1.165) is 42.7 Å². The van der Waals surface area contributed by atoms with Gasteiger partial charge in [0.1, 0.15) is 13.2 Å². The van der Waals surface area contributed by atoms with Crippen molar-refractivity contribution in [2.45, 2.75) is 31.9 Å². The predicted octanol–water partition coefficient (Wildman–Crippen LogP) is 2.57. The lowest BCUT2D eigenvalue weighted by atomic mass is 10.0. The Bertz CT molecular complexity index is 661. The predicted molar refractivity (Wildman–Crippen MR) is 93.7 cm³/mol. The van der Waals surface area contributed by atoms with Crippen molar-refractivity contribution in [2.75, 3.05) is 33.9 Å². The zero-order valence-electron chi connectivity index (χ0n) is 14.9. The van der Waals surface area contributed by atoms with Gasteiger partial charge in [0.15, 0.2) is 23.1 Å². The van der Waals surface area contributed by atoms with E-state index < -0.39 is 0 Å². The van der Waals surface area contributed by atoms with Crippen LogP contribution < -0.4 is 9.47 Å². The Morgan fingerprint density at radius 2 is 2.04 bits per heavy atom. The molecule has 0 spiro atoms. The standard InChI is InChI=1S/C18H26N4O3/c1-23-13-17-19-18(21-20-17)14-7-5-6-10-22(14)11-12-25-16-9-4-3-8-15(16)24-2/h3-4,8-9,14H,5-7,10-13H2,1-2H3,(H,19,20,21). The third kappa shape index (κ3) is 4.49. The number of methoxy groups -OCH3 is 2. The molecule has 1 aliphatic rings. The molecule has 2 heterocycles. The van der Waals surface area contributed by atoms with Crippen molar-refractivity contribution in [3.05, 3.63) is 35.9 Å². The molecule has 0 saturated carbocycles. The van der Waals surface area contributed by atoms with Gasteiger partial charge < -0.3 is 14.2 Å². The molecule has 1 aromatic heterocycles. The maximum Gasteiger partial charge on any atom is 0.167 e. The maximum absolute atomic E-state index is 5.92. The first-order valence-corrected chi connectivity index (χ1v) is 8.72. The highest BCUT2D eigenvalue weighted by Crippen LogP contribution is 2.29. The van der Waals surface area contributed by atoms with Crippen molar-refractivity contribution < 1.29 is 14.2 Å². The minimum atomic E-state index is 0.233. The molecule has 136 valence electrons. The van der Waals surface area contributed by atoms with Crippen molar-refractivity contribution in [2.24, 2.45) is 0 Å². The Hall–Kier alpha value is -2.12. The van der Waals surface area contributed by atoms with Crippen LogP contribution in [0.25, 0.3) is 0 Å². The zero-order valence-corrected chi connectivity index (χ0v) is 14.9. The number of ether oxygens (including phenoxy) is 3. The van der Waals surface area contributed by atoms with Gasteiger partial charge >= 0.3 is 0 Å². The molecular formula is C18H26N4O3. The normalized spacial score (nSPS) is 18.2. The molecule has 7 nitrogen and oxygen atoms in total. The summed E-state index contributed by atoms with van der Waals surface area (Å²) < 4.78 is 16.4. The van der Waals surface area contributed by atoms with Crippen LogP contribution in [0.15, 0.2) is 24.3 Å². The number of nitrogens with one attached hydrogen (secondary N) is 1. The summed E-state index contributed by atoms with van der Waals surface area (Å²) in [6.07, 6.45) is 3.46. The highest BCUT2D eigenvalue weighted by atomic mass is 16.5. The second kappa shape index (κ2) is 8.82. The Labute approximate surface area is 148 Å². The third-order valence-corrected chi connectivity index (χ3v) is 4.45. The highest BCUT2D eigenvalue weighted by molar-refractivity contribution is 5.39. The van der Waals surface area contributed by atoms with Crippen LogP contribution in [0.3, 0.4) is 0 Å². The van der Waals surface area contributed by atoms with Gasteiger partial charge in [-0.1, -0.05) is 18.6 Å². The van der Waals surface area contributed by atoms with Gasteiger partial charge in [-0.15, -0.1) is 0 Å². The molecule has 0 radical (unpaired) electrons. The fourth-order valence-electron chi connectivity index (χ4n) is 3.22. The van der Waals surface area contributed by atoms with Gasteiger partial charge in [-0.2, -0.15) is 5.10 Å². The van der Waals surface area contributed by atoms with E-state index in [9.17, 15) is 0 Å². The van der Waals surface area contributed by atoms with Crippen LogP contribution in [0.5, 0.6) is 11.5 Å². The Balaban J connectivity index is 1.59. The number of para-hydroxylation sites is 2. The van der Waals surface area contributed by atoms with Crippen molar-refractivity contribution in [1.82, 2.24) is 20.1 Å². The quantitative estimate of drug-likeness (QED) is 0.792. The number of likely N-dealkylation sites (tertiary alicyclic amines) is 1. The maximum atomic E-state index is 5.92. The Kier molecular flexibility index (Phi) is 6.25. The van der Waals surface area contributed by atoms with E-state index in [1.807, 2.05) is 24.3 Å². The van der Waals surface area contributed by atoms with Gasteiger partial charge in [0, 0.05) is 13.7 Å². The fourth-order valence-corrected chi connectivity index (χ4v) is 3.22. The van der Waals surface area contributed by atoms with Crippen molar-refractivity contribution in [3.8, 4) is 11.5 Å². The first-order valence-electron chi connectivity index (χ1n) is 8.72. The lowest BCUT2D eigenvalue weighted by Crippen LogP contribution is -2.37. The van der Waals surface area contributed by atoms with Crippen LogP contribution >= 0.6 is 0 Å². The van der Waals surface area contributed by atoms with E-state index in [1.54, 1.807) is 14.2 Å². The highest BCUT2D eigenvalue weighted by Gasteiger charge is 2.27.